The van der Waals surface area contributed by atoms with Crippen molar-refractivity contribution in [1.82, 2.24) is 0 Å². The van der Waals surface area contributed by atoms with E-state index in [0.29, 0.717) is 19.3 Å². The highest BCUT2D eigenvalue weighted by atomic mass is 16.6. The Labute approximate surface area is 122 Å². The second kappa shape index (κ2) is 11.7. The van der Waals surface area contributed by atoms with Gasteiger partial charge in [-0.1, -0.05) is 57.1 Å². The number of carbonyl (C=O) groups is 2. The second-order valence-corrected chi connectivity index (χ2v) is 5.58. The number of carbonyl (C=O) groups excluding carboxylic acids is 2. The predicted molar refractivity (Wildman–Crippen MR) is 80.3 cm³/mol. The highest BCUT2D eigenvalue weighted by Crippen LogP contribution is 2.12. The van der Waals surface area contributed by atoms with Gasteiger partial charge < -0.3 is 4.74 Å². The van der Waals surface area contributed by atoms with E-state index in [0.717, 1.165) is 19.3 Å². The Morgan fingerprint density at radius 3 is 1.80 bits per heavy atom. The summed E-state index contributed by atoms with van der Waals surface area (Å²) in [7, 11) is 0. The van der Waals surface area contributed by atoms with E-state index < -0.39 is 0 Å². The molecule has 1 rings (SSSR count). The van der Waals surface area contributed by atoms with Gasteiger partial charge in [-0.15, -0.1) is 0 Å². The Morgan fingerprint density at radius 2 is 1.10 bits per heavy atom. The number of rotatable bonds is 0. The molecule has 0 N–H and O–H groups in total. The standard InChI is InChI=1S/C17H28O3/c18-16-14-12-10-8-6-4-2-1-3-5-7-9-11-13-15-17(19)20-16/h8,10H,1-7,9,11-15H2/b10-8-. The first-order chi connectivity index (χ1) is 9.79. The average molecular weight is 280 g/mol. The molecule has 0 aromatic heterocycles. The summed E-state index contributed by atoms with van der Waals surface area (Å²) in [6.07, 6.45) is 17.5. The van der Waals surface area contributed by atoms with Crippen LogP contribution in [0.2, 0.25) is 0 Å². The third-order valence-electron chi connectivity index (χ3n) is 3.66. The fraction of sp³-hybridized carbons (Fsp3) is 0.765. The fourth-order valence-corrected chi connectivity index (χ4v) is 2.43. The zero-order valence-corrected chi connectivity index (χ0v) is 12.6. The summed E-state index contributed by atoms with van der Waals surface area (Å²) < 4.78 is 4.78. The topological polar surface area (TPSA) is 43.4 Å². The summed E-state index contributed by atoms with van der Waals surface area (Å²) in [6, 6.07) is 0. The average Bonchev–Trinajstić information content (AvgIpc) is 2.42. The van der Waals surface area contributed by atoms with Crippen LogP contribution in [0, 0.1) is 0 Å². The molecule has 0 fully saturated rings. The maximum Gasteiger partial charge on any atom is 0.313 e. The van der Waals surface area contributed by atoms with Crippen LogP contribution < -0.4 is 0 Å². The van der Waals surface area contributed by atoms with Crippen molar-refractivity contribution in [2.45, 2.75) is 83.5 Å². The number of hydrogen-bond acceptors (Lipinski definition) is 3. The highest BCUT2D eigenvalue weighted by molar-refractivity contribution is 5.85. The molecule has 20 heavy (non-hydrogen) atoms. The maximum atomic E-state index is 11.4. The lowest BCUT2D eigenvalue weighted by Gasteiger charge is -2.04. The fourth-order valence-electron chi connectivity index (χ4n) is 2.43. The number of allylic oxidation sites excluding steroid dienone is 2. The van der Waals surface area contributed by atoms with Gasteiger partial charge in [-0.05, 0) is 25.7 Å². The van der Waals surface area contributed by atoms with Crippen molar-refractivity contribution in [2.24, 2.45) is 0 Å². The van der Waals surface area contributed by atoms with E-state index in [1.165, 1.54) is 44.9 Å². The van der Waals surface area contributed by atoms with Crippen LogP contribution in [0.4, 0.5) is 0 Å². The van der Waals surface area contributed by atoms with Crippen molar-refractivity contribution >= 4 is 11.9 Å². The van der Waals surface area contributed by atoms with Gasteiger partial charge in [0.2, 0.25) is 0 Å². The van der Waals surface area contributed by atoms with Crippen molar-refractivity contribution in [3.63, 3.8) is 0 Å². The van der Waals surface area contributed by atoms with Gasteiger partial charge in [0, 0.05) is 12.8 Å². The monoisotopic (exact) mass is 280 g/mol. The third kappa shape index (κ3) is 9.76. The highest BCUT2D eigenvalue weighted by Gasteiger charge is 2.09. The molecule has 3 nitrogen and oxygen atoms in total. The van der Waals surface area contributed by atoms with Crippen LogP contribution >= 0.6 is 0 Å². The normalized spacial score (nSPS) is 23.4. The number of esters is 2. The van der Waals surface area contributed by atoms with Crippen molar-refractivity contribution in [2.75, 3.05) is 0 Å². The molecule has 3 heteroatoms. The lowest BCUT2D eigenvalue weighted by atomic mass is 10.1. The van der Waals surface area contributed by atoms with E-state index in [1.54, 1.807) is 0 Å². The smallest absolute Gasteiger partial charge is 0.313 e. The molecule has 1 heterocycles. The molecule has 0 aromatic carbocycles. The van der Waals surface area contributed by atoms with Crippen LogP contribution in [0.5, 0.6) is 0 Å². The maximum absolute atomic E-state index is 11.4. The molecule has 0 amide bonds. The number of ether oxygens (including phenoxy) is 1. The van der Waals surface area contributed by atoms with Gasteiger partial charge in [-0.2, -0.15) is 0 Å². The molecule has 1 aliphatic heterocycles. The molecule has 0 radical (unpaired) electrons. The van der Waals surface area contributed by atoms with Crippen molar-refractivity contribution in [1.29, 1.82) is 0 Å². The van der Waals surface area contributed by atoms with Gasteiger partial charge in [0.25, 0.3) is 0 Å². The van der Waals surface area contributed by atoms with E-state index >= 15 is 0 Å². The molecule has 0 bridgehead atoms. The molecule has 0 aliphatic carbocycles. The SMILES string of the molecule is O=C1CC/C=C\CCCCCCCCCCCC(=O)O1. The third-order valence-corrected chi connectivity index (χ3v) is 3.66. The summed E-state index contributed by atoms with van der Waals surface area (Å²) in [5.41, 5.74) is 0. The van der Waals surface area contributed by atoms with Crippen molar-refractivity contribution < 1.29 is 14.3 Å². The second-order valence-electron chi connectivity index (χ2n) is 5.58. The zero-order valence-electron chi connectivity index (χ0n) is 12.6. The van der Waals surface area contributed by atoms with Gasteiger partial charge in [0.05, 0.1) is 0 Å². The predicted octanol–water partition coefficient (Wildman–Crippen LogP) is 4.70. The summed E-state index contributed by atoms with van der Waals surface area (Å²) in [5, 5.41) is 0. The van der Waals surface area contributed by atoms with E-state index in [2.05, 4.69) is 6.08 Å². The van der Waals surface area contributed by atoms with E-state index in [9.17, 15) is 9.59 Å². The summed E-state index contributed by atoms with van der Waals surface area (Å²) in [6.45, 7) is 0. The van der Waals surface area contributed by atoms with Crippen LogP contribution in [-0.4, -0.2) is 11.9 Å². The first-order valence-corrected chi connectivity index (χ1v) is 8.17. The molecule has 0 saturated carbocycles. The van der Waals surface area contributed by atoms with Crippen molar-refractivity contribution in [3.8, 4) is 0 Å². The quantitative estimate of drug-likeness (QED) is 0.367. The Kier molecular flexibility index (Phi) is 9.89. The molecule has 0 unspecified atom stereocenters. The Morgan fingerprint density at radius 1 is 0.600 bits per heavy atom. The Bertz CT molecular complexity index is 307. The van der Waals surface area contributed by atoms with Crippen LogP contribution in [-0.2, 0) is 14.3 Å². The molecule has 0 atom stereocenters. The Balaban J connectivity index is 2.28. The van der Waals surface area contributed by atoms with Gasteiger partial charge in [-0.25, -0.2) is 0 Å². The summed E-state index contributed by atoms with van der Waals surface area (Å²) in [5.74, 6) is -0.749. The van der Waals surface area contributed by atoms with Gasteiger partial charge in [0.1, 0.15) is 0 Å². The summed E-state index contributed by atoms with van der Waals surface area (Å²) in [4.78, 5) is 22.8. The van der Waals surface area contributed by atoms with Gasteiger partial charge >= 0.3 is 11.9 Å². The molecular weight excluding hydrogens is 252 g/mol. The Hall–Kier alpha value is -1.12. The molecule has 114 valence electrons. The first-order valence-electron chi connectivity index (χ1n) is 8.17. The molecule has 0 spiro atoms. The minimum Gasteiger partial charge on any atom is -0.393 e. The molecule has 1 aliphatic rings. The lowest BCUT2D eigenvalue weighted by molar-refractivity contribution is -0.159. The van der Waals surface area contributed by atoms with Crippen molar-refractivity contribution in [3.05, 3.63) is 12.2 Å². The van der Waals surface area contributed by atoms with Crippen LogP contribution in [0.25, 0.3) is 0 Å². The van der Waals surface area contributed by atoms with Crippen LogP contribution in [0.15, 0.2) is 12.2 Å². The largest absolute Gasteiger partial charge is 0.393 e. The number of cyclic esters (lactones) is 2. The molecule has 0 saturated heterocycles. The van der Waals surface area contributed by atoms with Gasteiger partial charge in [0.15, 0.2) is 0 Å². The van der Waals surface area contributed by atoms with Crippen LogP contribution in [0.3, 0.4) is 0 Å². The number of hydrogen-bond donors (Lipinski definition) is 0. The molecular formula is C17H28O3. The van der Waals surface area contributed by atoms with E-state index in [-0.39, 0.29) is 11.9 Å². The van der Waals surface area contributed by atoms with Gasteiger partial charge in [-0.3, -0.25) is 9.59 Å². The van der Waals surface area contributed by atoms with E-state index in [1.807, 2.05) is 6.08 Å². The lowest BCUT2D eigenvalue weighted by Crippen LogP contribution is -2.11. The minimum absolute atomic E-state index is 0.308. The minimum atomic E-state index is -0.388. The first kappa shape index (κ1) is 16.9. The van der Waals surface area contributed by atoms with E-state index in [4.69, 9.17) is 4.74 Å². The zero-order chi connectivity index (χ0) is 14.5. The molecule has 0 aromatic rings. The summed E-state index contributed by atoms with van der Waals surface area (Å²) >= 11 is 0. The van der Waals surface area contributed by atoms with Crippen LogP contribution in [0.1, 0.15) is 83.5 Å².